The van der Waals surface area contributed by atoms with E-state index in [9.17, 15) is 9.90 Å². The standard InChI is InChI=1S/C15H14O3/c1-10-5-3-4-6-12(10)15(17)13-8-7-11(18-2)9-14(13)16/h3-9,16H,1-2H3. The van der Waals surface area contributed by atoms with Crippen LogP contribution >= 0.6 is 0 Å². The van der Waals surface area contributed by atoms with E-state index >= 15 is 0 Å². The van der Waals surface area contributed by atoms with E-state index in [4.69, 9.17) is 4.74 Å². The molecule has 2 aromatic rings. The number of phenolic OH excluding ortho intramolecular Hbond substituents is 1. The highest BCUT2D eigenvalue weighted by atomic mass is 16.5. The number of ketones is 1. The number of carbonyl (C=O) groups excluding carboxylic acids is 1. The lowest BCUT2D eigenvalue weighted by molar-refractivity contribution is 0.103. The number of benzene rings is 2. The van der Waals surface area contributed by atoms with Crippen LogP contribution in [-0.2, 0) is 0 Å². The van der Waals surface area contributed by atoms with Crippen LogP contribution in [0, 0.1) is 6.92 Å². The first-order chi connectivity index (χ1) is 8.63. The summed E-state index contributed by atoms with van der Waals surface area (Å²) in [6.07, 6.45) is 0. The molecule has 18 heavy (non-hydrogen) atoms. The summed E-state index contributed by atoms with van der Waals surface area (Å²) in [6.45, 7) is 1.87. The zero-order valence-corrected chi connectivity index (χ0v) is 10.3. The summed E-state index contributed by atoms with van der Waals surface area (Å²) in [5.74, 6) is 0.268. The van der Waals surface area contributed by atoms with Gasteiger partial charge in [-0.05, 0) is 24.6 Å². The Bertz CT molecular complexity index is 588. The van der Waals surface area contributed by atoms with Gasteiger partial charge in [0.25, 0.3) is 0 Å². The van der Waals surface area contributed by atoms with E-state index in [2.05, 4.69) is 0 Å². The van der Waals surface area contributed by atoms with Gasteiger partial charge in [-0.15, -0.1) is 0 Å². The van der Waals surface area contributed by atoms with E-state index in [1.165, 1.54) is 13.2 Å². The van der Waals surface area contributed by atoms with Crippen molar-refractivity contribution in [3.05, 3.63) is 59.2 Å². The minimum absolute atomic E-state index is 0.0670. The topological polar surface area (TPSA) is 46.5 Å². The van der Waals surface area contributed by atoms with Gasteiger partial charge in [0.15, 0.2) is 5.78 Å². The highest BCUT2D eigenvalue weighted by molar-refractivity contribution is 6.11. The third-order valence-corrected chi connectivity index (χ3v) is 2.84. The molecular weight excluding hydrogens is 228 g/mol. The van der Waals surface area contributed by atoms with Crippen molar-refractivity contribution >= 4 is 5.78 Å². The molecule has 3 nitrogen and oxygen atoms in total. The molecule has 2 aromatic carbocycles. The van der Waals surface area contributed by atoms with Crippen LogP contribution in [0.25, 0.3) is 0 Å². The summed E-state index contributed by atoms with van der Waals surface area (Å²) in [4.78, 5) is 12.3. The molecule has 0 atom stereocenters. The molecule has 0 saturated carbocycles. The maximum Gasteiger partial charge on any atom is 0.197 e. The van der Waals surface area contributed by atoms with Gasteiger partial charge >= 0.3 is 0 Å². The molecule has 1 N–H and O–H groups in total. The Morgan fingerprint density at radius 3 is 2.44 bits per heavy atom. The highest BCUT2D eigenvalue weighted by Crippen LogP contribution is 2.26. The molecule has 0 bridgehead atoms. The molecule has 92 valence electrons. The smallest absolute Gasteiger partial charge is 0.197 e. The van der Waals surface area contributed by atoms with Crippen LogP contribution in [0.1, 0.15) is 21.5 Å². The number of hydrogen-bond donors (Lipinski definition) is 1. The third kappa shape index (κ3) is 2.20. The average molecular weight is 242 g/mol. The maximum absolute atomic E-state index is 12.3. The minimum atomic E-state index is -0.187. The first-order valence-corrected chi connectivity index (χ1v) is 5.61. The molecular formula is C15H14O3. The van der Waals surface area contributed by atoms with Gasteiger partial charge in [-0.1, -0.05) is 24.3 Å². The molecule has 0 unspecified atom stereocenters. The molecule has 0 heterocycles. The third-order valence-electron chi connectivity index (χ3n) is 2.84. The van der Waals surface area contributed by atoms with Crippen LogP contribution in [0.3, 0.4) is 0 Å². The summed E-state index contributed by atoms with van der Waals surface area (Å²) in [5.41, 5.74) is 1.76. The molecule has 0 aliphatic rings. The van der Waals surface area contributed by atoms with E-state index in [1.807, 2.05) is 19.1 Å². The lowest BCUT2D eigenvalue weighted by Gasteiger charge is -2.08. The van der Waals surface area contributed by atoms with Crippen molar-refractivity contribution in [3.63, 3.8) is 0 Å². The number of hydrogen-bond acceptors (Lipinski definition) is 3. The lowest BCUT2D eigenvalue weighted by Crippen LogP contribution is -2.03. The quantitative estimate of drug-likeness (QED) is 0.842. The lowest BCUT2D eigenvalue weighted by atomic mass is 9.98. The van der Waals surface area contributed by atoms with E-state index in [0.717, 1.165) is 5.56 Å². The minimum Gasteiger partial charge on any atom is -0.507 e. The van der Waals surface area contributed by atoms with Crippen molar-refractivity contribution < 1.29 is 14.6 Å². The van der Waals surface area contributed by atoms with Crippen LogP contribution in [0.4, 0.5) is 0 Å². The number of ether oxygens (including phenoxy) is 1. The van der Waals surface area contributed by atoms with Crippen LogP contribution in [0.2, 0.25) is 0 Å². The van der Waals surface area contributed by atoms with Crippen molar-refractivity contribution in [2.24, 2.45) is 0 Å². The zero-order valence-electron chi connectivity index (χ0n) is 10.3. The Morgan fingerprint density at radius 1 is 1.11 bits per heavy atom. The summed E-state index contributed by atoms with van der Waals surface area (Å²) >= 11 is 0. The van der Waals surface area contributed by atoms with Crippen LogP contribution in [0.5, 0.6) is 11.5 Å². The Balaban J connectivity index is 2.44. The molecule has 0 radical (unpaired) electrons. The van der Waals surface area contributed by atoms with Crippen molar-refractivity contribution in [1.82, 2.24) is 0 Å². The second kappa shape index (κ2) is 4.92. The summed E-state index contributed by atoms with van der Waals surface area (Å²) < 4.78 is 4.99. The van der Waals surface area contributed by atoms with E-state index < -0.39 is 0 Å². The fourth-order valence-electron chi connectivity index (χ4n) is 1.80. The van der Waals surface area contributed by atoms with E-state index in [0.29, 0.717) is 11.3 Å². The van der Waals surface area contributed by atoms with Crippen LogP contribution < -0.4 is 4.74 Å². The maximum atomic E-state index is 12.3. The fourth-order valence-corrected chi connectivity index (χ4v) is 1.80. The van der Waals surface area contributed by atoms with Gasteiger partial charge in [-0.25, -0.2) is 0 Å². The summed E-state index contributed by atoms with van der Waals surface area (Å²) in [7, 11) is 1.51. The SMILES string of the molecule is COc1ccc(C(=O)c2ccccc2C)c(O)c1. The monoisotopic (exact) mass is 242 g/mol. The fraction of sp³-hybridized carbons (Fsp3) is 0.133. The van der Waals surface area contributed by atoms with Gasteiger partial charge in [-0.2, -0.15) is 0 Å². The zero-order chi connectivity index (χ0) is 13.1. The number of aryl methyl sites for hydroxylation is 1. The molecule has 0 aliphatic heterocycles. The van der Waals surface area contributed by atoms with Gasteiger partial charge in [0.2, 0.25) is 0 Å². The molecule has 0 aliphatic carbocycles. The van der Waals surface area contributed by atoms with Crippen molar-refractivity contribution in [2.75, 3.05) is 7.11 Å². The Labute approximate surface area is 106 Å². The second-order valence-electron chi connectivity index (χ2n) is 4.03. The second-order valence-corrected chi connectivity index (χ2v) is 4.03. The van der Waals surface area contributed by atoms with Gasteiger partial charge in [0.05, 0.1) is 12.7 Å². The molecule has 2 rings (SSSR count). The van der Waals surface area contributed by atoms with Crippen LogP contribution in [-0.4, -0.2) is 18.0 Å². The molecule has 0 amide bonds. The van der Waals surface area contributed by atoms with Gasteiger partial charge in [0.1, 0.15) is 11.5 Å². The Hall–Kier alpha value is -2.29. The first kappa shape index (κ1) is 12.2. The van der Waals surface area contributed by atoms with Crippen LogP contribution in [0.15, 0.2) is 42.5 Å². The van der Waals surface area contributed by atoms with E-state index in [-0.39, 0.29) is 17.1 Å². The number of rotatable bonds is 3. The largest absolute Gasteiger partial charge is 0.507 e. The molecule has 0 aromatic heterocycles. The Morgan fingerprint density at radius 2 is 1.83 bits per heavy atom. The molecule has 0 saturated heterocycles. The van der Waals surface area contributed by atoms with E-state index in [1.54, 1.807) is 24.3 Å². The predicted molar refractivity (Wildman–Crippen MR) is 69.3 cm³/mol. The number of aromatic hydroxyl groups is 1. The average Bonchev–Trinajstić information content (AvgIpc) is 2.38. The van der Waals surface area contributed by atoms with Crippen molar-refractivity contribution in [3.8, 4) is 11.5 Å². The van der Waals surface area contributed by atoms with Crippen molar-refractivity contribution in [1.29, 1.82) is 0 Å². The number of methoxy groups -OCH3 is 1. The normalized spacial score (nSPS) is 10.1. The number of phenols is 1. The summed E-state index contributed by atoms with van der Waals surface area (Å²) in [5, 5.41) is 9.84. The molecule has 0 spiro atoms. The number of carbonyl (C=O) groups is 1. The molecule has 0 fully saturated rings. The molecule has 3 heteroatoms. The van der Waals surface area contributed by atoms with Gasteiger partial charge in [-0.3, -0.25) is 4.79 Å². The van der Waals surface area contributed by atoms with Crippen molar-refractivity contribution in [2.45, 2.75) is 6.92 Å². The highest BCUT2D eigenvalue weighted by Gasteiger charge is 2.15. The predicted octanol–water partition coefficient (Wildman–Crippen LogP) is 2.94. The Kier molecular flexibility index (Phi) is 3.33. The van der Waals surface area contributed by atoms with Gasteiger partial charge < -0.3 is 9.84 Å². The van der Waals surface area contributed by atoms with Gasteiger partial charge in [0, 0.05) is 11.6 Å². The summed E-state index contributed by atoms with van der Waals surface area (Å²) in [6, 6.07) is 12.0. The first-order valence-electron chi connectivity index (χ1n) is 5.61.